The molecular formula is C17H23N3O6. The molecule has 2 rings (SSSR count). The third-order valence-corrected chi connectivity index (χ3v) is 3.83. The number of esters is 2. The van der Waals surface area contributed by atoms with Crippen molar-refractivity contribution in [2.45, 2.75) is 46.6 Å². The number of carbonyl (C=O) groups is 3. The summed E-state index contributed by atoms with van der Waals surface area (Å²) in [6.45, 7) is 8.61. The molecule has 0 radical (unpaired) electrons. The number of nitrogens with one attached hydrogen (secondary N) is 2. The molecule has 1 unspecified atom stereocenters. The van der Waals surface area contributed by atoms with Crippen molar-refractivity contribution < 1.29 is 28.4 Å². The van der Waals surface area contributed by atoms with Crippen molar-refractivity contribution in [1.29, 1.82) is 0 Å². The first-order chi connectivity index (χ1) is 12.3. The van der Waals surface area contributed by atoms with Gasteiger partial charge in [-0.2, -0.15) is 0 Å². The quantitative estimate of drug-likeness (QED) is 0.737. The second-order valence-corrected chi connectivity index (χ2v) is 6.17. The van der Waals surface area contributed by atoms with Crippen molar-refractivity contribution in [3.8, 4) is 0 Å². The van der Waals surface area contributed by atoms with Gasteiger partial charge in [-0.15, -0.1) is 0 Å². The van der Waals surface area contributed by atoms with Crippen molar-refractivity contribution in [1.82, 2.24) is 15.8 Å². The van der Waals surface area contributed by atoms with Crippen LogP contribution in [0.25, 0.3) is 0 Å². The lowest BCUT2D eigenvalue weighted by atomic mass is 10.0. The fourth-order valence-corrected chi connectivity index (χ4v) is 2.63. The van der Waals surface area contributed by atoms with Gasteiger partial charge in [0.1, 0.15) is 12.2 Å². The monoisotopic (exact) mass is 365 g/mol. The Kier molecular flexibility index (Phi) is 6.01. The Morgan fingerprint density at radius 1 is 1.27 bits per heavy atom. The molecule has 142 valence electrons. The van der Waals surface area contributed by atoms with Crippen molar-refractivity contribution in [2.75, 3.05) is 13.2 Å². The van der Waals surface area contributed by atoms with Crippen LogP contribution in [0.15, 0.2) is 15.8 Å². The number of urea groups is 1. The zero-order valence-corrected chi connectivity index (χ0v) is 15.5. The summed E-state index contributed by atoms with van der Waals surface area (Å²) in [6.07, 6.45) is 0. The third kappa shape index (κ3) is 4.04. The van der Waals surface area contributed by atoms with Crippen LogP contribution < -0.4 is 10.6 Å². The second kappa shape index (κ2) is 8.03. The lowest BCUT2D eigenvalue weighted by Gasteiger charge is -2.26. The molecule has 0 bridgehead atoms. The highest BCUT2D eigenvalue weighted by Gasteiger charge is 2.31. The summed E-state index contributed by atoms with van der Waals surface area (Å²) in [5.74, 6) is -0.840. The summed E-state index contributed by atoms with van der Waals surface area (Å²) < 4.78 is 15.5. The van der Waals surface area contributed by atoms with Gasteiger partial charge in [0.25, 0.3) is 0 Å². The van der Waals surface area contributed by atoms with E-state index in [4.69, 9.17) is 14.0 Å². The number of rotatable bonds is 6. The Balaban J connectivity index is 2.23. The molecule has 26 heavy (non-hydrogen) atoms. The molecule has 1 aromatic heterocycles. The molecule has 0 aliphatic carbocycles. The van der Waals surface area contributed by atoms with Crippen LogP contribution >= 0.6 is 0 Å². The molecule has 0 aromatic carbocycles. The summed E-state index contributed by atoms with van der Waals surface area (Å²) in [7, 11) is 0. The van der Waals surface area contributed by atoms with E-state index in [1.54, 1.807) is 20.8 Å². The van der Waals surface area contributed by atoms with Crippen LogP contribution in [0.1, 0.15) is 55.4 Å². The van der Waals surface area contributed by atoms with Crippen LogP contribution in [-0.2, 0) is 14.3 Å². The van der Waals surface area contributed by atoms with Crippen LogP contribution in [0.2, 0.25) is 0 Å². The van der Waals surface area contributed by atoms with Crippen LogP contribution in [0.5, 0.6) is 0 Å². The standard InChI is InChI=1S/C17H23N3O6/c1-6-24-15(21)12-9(4)18-17(23)19-11(12)7-25-16(22)13-10(5)20-26-14(13)8(2)3/h8-9H,6-7H2,1-5H3,(H2,18,19,23). The van der Waals surface area contributed by atoms with E-state index in [1.807, 2.05) is 13.8 Å². The van der Waals surface area contributed by atoms with Gasteiger partial charge in [0.2, 0.25) is 0 Å². The predicted molar refractivity (Wildman–Crippen MR) is 90.4 cm³/mol. The Hall–Kier alpha value is -2.84. The van der Waals surface area contributed by atoms with Gasteiger partial charge in [-0.3, -0.25) is 0 Å². The molecule has 0 spiro atoms. The van der Waals surface area contributed by atoms with Gasteiger partial charge in [0, 0.05) is 5.92 Å². The summed E-state index contributed by atoms with van der Waals surface area (Å²) in [6, 6.07) is -1.05. The number of carbonyl (C=O) groups excluding carboxylic acids is 3. The van der Waals surface area contributed by atoms with Crippen molar-refractivity contribution in [3.05, 3.63) is 28.3 Å². The third-order valence-electron chi connectivity index (χ3n) is 3.83. The molecule has 0 saturated heterocycles. The zero-order valence-electron chi connectivity index (χ0n) is 15.5. The van der Waals surface area contributed by atoms with Crippen LogP contribution in [0, 0.1) is 6.92 Å². The summed E-state index contributed by atoms with van der Waals surface area (Å²) >= 11 is 0. The Bertz CT molecular complexity index is 750. The van der Waals surface area contributed by atoms with Gasteiger partial charge < -0.3 is 24.6 Å². The molecule has 2 amide bonds. The van der Waals surface area contributed by atoms with E-state index in [9.17, 15) is 14.4 Å². The highest BCUT2D eigenvalue weighted by molar-refractivity contribution is 5.95. The molecule has 1 atom stereocenters. The number of ether oxygens (including phenoxy) is 2. The van der Waals surface area contributed by atoms with E-state index in [-0.39, 0.29) is 36.0 Å². The summed E-state index contributed by atoms with van der Waals surface area (Å²) in [4.78, 5) is 36.3. The van der Waals surface area contributed by atoms with E-state index in [1.165, 1.54) is 0 Å². The lowest BCUT2D eigenvalue weighted by Crippen LogP contribution is -2.50. The molecule has 9 heteroatoms. The minimum atomic E-state index is -0.636. The summed E-state index contributed by atoms with van der Waals surface area (Å²) in [5.41, 5.74) is 1.08. The fraction of sp³-hybridized carbons (Fsp3) is 0.529. The lowest BCUT2D eigenvalue weighted by molar-refractivity contribution is -0.139. The predicted octanol–water partition coefficient (Wildman–Crippen LogP) is 1.78. The van der Waals surface area contributed by atoms with Gasteiger partial charge >= 0.3 is 18.0 Å². The van der Waals surface area contributed by atoms with Gasteiger partial charge in [-0.05, 0) is 20.8 Å². The number of hydrogen-bond donors (Lipinski definition) is 2. The number of aromatic nitrogens is 1. The molecule has 1 aliphatic heterocycles. The maximum atomic E-state index is 12.5. The van der Waals surface area contributed by atoms with Gasteiger partial charge in [-0.1, -0.05) is 19.0 Å². The SMILES string of the molecule is CCOC(=O)C1=C(COC(=O)c2c(C)noc2C(C)C)NC(=O)NC1C. The van der Waals surface area contributed by atoms with Crippen molar-refractivity contribution in [3.63, 3.8) is 0 Å². The first-order valence-electron chi connectivity index (χ1n) is 8.37. The first kappa shape index (κ1) is 19.5. The normalized spacial score (nSPS) is 17.0. The number of aryl methyl sites for hydroxylation is 1. The van der Waals surface area contributed by atoms with Crippen LogP contribution in [0.3, 0.4) is 0 Å². The van der Waals surface area contributed by atoms with E-state index in [2.05, 4.69) is 15.8 Å². The molecule has 2 heterocycles. The minimum absolute atomic E-state index is 0.0494. The summed E-state index contributed by atoms with van der Waals surface area (Å²) in [5, 5.41) is 8.88. The van der Waals surface area contributed by atoms with Gasteiger partial charge in [0.05, 0.1) is 29.6 Å². The van der Waals surface area contributed by atoms with E-state index >= 15 is 0 Å². The zero-order chi connectivity index (χ0) is 19.4. The van der Waals surface area contributed by atoms with Gasteiger partial charge in [-0.25, -0.2) is 14.4 Å². The van der Waals surface area contributed by atoms with Crippen molar-refractivity contribution >= 4 is 18.0 Å². The Labute approximate surface area is 151 Å². The number of amides is 2. The fourth-order valence-electron chi connectivity index (χ4n) is 2.63. The van der Waals surface area contributed by atoms with E-state index in [0.717, 1.165) is 0 Å². The molecule has 2 N–H and O–H groups in total. The van der Waals surface area contributed by atoms with Crippen LogP contribution in [0.4, 0.5) is 4.79 Å². The molecular weight excluding hydrogens is 342 g/mol. The number of hydrogen-bond acceptors (Lipinski definition) is 7. The molecule has 0 fully saturated rings. The first-order valence-corrected chi connectivity index (χ1v) is 8.37. The maximum Gasteiger partial charge on any atom is 0.344 e. The van der Waals surface area contributed by atoms with Gasteiger partial charge in [0.15, 0.2) is 5.76 Å². The maximum absolute atomic E-state index is 12.5. The van der Waals surface area contributed by atoms with Crippen molar-refractivity contribution in [2.24, 2.45) is 0 Å². The second-order valence-electron chi connectivity index (χ2n) is 6.17. The highest BCUT2D eigenvalue weighted by atomic mass is 16.5. The average Bonchev–Trinajstić information content (AvgIpc) is 2.94. The molecule has 1 aromatic rings. The highest BCUT2D eigenvalue weighted by Crippen LogP contribution is 2.23. The molecule has 1 aliphatic rings. The minimum Gasteiger partial charge on any atom is -0.463 e. The topological polar surface area (TPSA) is 120 Å². The average molecular weight is 365 g/mol. The largest absolute Gasteiger partial charge is 0.463 e. The van der Waals surface area contributed by atoms with E-state index in [0.29, 0.717) is 11.5 Å². The number of nitrogens with zero attached hydrogens (tertiary/aromatic N) is 1. The van der Waals surface area contributed by atoms with E-state index < -0.39 is 24.0 Å². The molecule has 0 saturated carbocycles. The Morgan fingerprint density at radius 3 is 2.58 bits per heavy atom. The Morgan fingerprint density at radius 2 is 1.96 bits per heavy atom. The van der Waals surface area contributed by atoms with Crippen LogP contribution in [-0.4, -0.2) is 42.4 Å². The molecule has 9 nitrogen and oxygen atoms in total. The smallest absolute Gasteiger partial charge is 0.344 e.